The van der Waals surface area contributed by atoms with Crippen LogP contribution in [-0.2, 0) is 10.0 Å². The average molecular weight is 309 g/mol. The number of nitrogens with one attached hydrogen (secondary N) is 1. The van der Waals surface area contributed by atoms with Gasteiger partial charge in [0.25, 0.3) is 0 Å². The van der Waals surface area contributed by atoms with Gasteiger partial charge in [0.15, 0.2) is 0 Å². The van der Waals surface area contributed by atoms with Crippen LogP contribution < -0.4 is 4.72 Å². The van der Waals surface area contributed by atoms with E-state index in [1.54, 1.807) is 24.3 Å². The Bertz CT molecular complexity index is 781. The molecule has 0 fully saturated rings. The molecule has 6 heteroatoms. The van der Waals surface area contributed by atoms with Crippen molar-refractivity contribution in [2.45, 2.75) is 24.3 Å². The molecule has 104 valence electrons. The van der Waals surface area contributed by atoms with Gasteiger partial charge in [0.05, 0.1) is 16.5 Å². The topological polar surface area (TPSA) is 59.1 Å². The van der Waals surface area contributed by atoms with E-state index in [4.69, 9.17) is 18.0 Å². The summed E-state index contributed by atoms with van der Waals surface area (Å²) in [4.78, 5) is 4.27. The molecule has 1 unspecified atom stereocenters. The molecule has 2 rings (SSSR count). The van der Waals surface area contributed by atoms with Gasteiger partial charge >= 0.3 is 0 Å². The van der Waals surface area contributed by atoms with E-state index in [0.29, 0.717) is 22.5 Å². The summed E-state index contributed by atoms with van der Waals surface area (Å²) in [5.41, 5.74) is 0.639. The molecule has 0 aliphatic heterocycles. The summed E-state index contributed by atoms with van der Waals surface area (Å²) >= 11 is 5.79. The van der Waals surface area contributed by atoms with Gasteiger partial charge in [-0.1, -0.05) is 24.4 Å². The molecule has 0 saturated heterocycles. The third-order valence-corrected chi connectivity index (χ3v) is 4.52. The van der Waals surface area contributed by atoms with Gasteiger partial charge in [0.2, 0.25) is 10.0 Å². The van der Waals surface area contributed by atoms with E-state index in [1.165, 1.54) is 6.07 Å². The summed E-state index contributed by atoms with van der Waals surface area (Å²) < 4.78 is 26.9. The van der Waals surface area contributed by atoms with E-state index in [9.17, 15) is 8.42 Å². The molecule has 0 radical (unpaired) electrons. The fourth-order valence-electron chi connectivity index (χ4n) is 1.74. The van der Waals surface area contributed by atoms with E-state index in [-0.39, 0.29) is 4.90 Å². The number of pyridine rings is 1. The Hall–Kier alpha value is -1.61. The smallest absolute Gasteiger partial charge is 0.236 e. The molecule has 2 aromatic rings. The maximum atomic E-state index is 12.2. The van der Waals surface area contributed by atoms with E-state index >= 15 is 0 Å². The third kappa shape index (κ3) is 3.10. The van der Waals surface area contributed by atoms with Crippen molar-refractivity contribution in [1.82, 2.24) is 9.71 Å². The van der Waals surface area contributed by atoms with E-state index in [0.717, 1.165) is 0 Å². The highest BCUT2D eigenvalue weighted by Gasteiger charge is 2.18. The summed E-state index contributed by atoms with van der Waals surface area (Å²) in [6, 6.07) is 7.47. The monoisotopic (exact) mass is 308 g/mol. The largest absolute Gasteiger partial charge is 0.241 e. The minimum Gasteiger partial charge on any atom is -0.236 e. The first kappa shape index (κ1) is 14.8. The van der Waals surface area contributed by atoms with Crippen molar-refractivity contribution in [2.24, 2.45) is 0 Å². The number of fused-ring (bicyclic) bond motifs is 1. The van der Waals surface area contributed by atoms with Crippen molar-refractivity contribution in [2.75, 3.05) is 0 Å². The maximum absolute atomic E-state index is 12.2. The van der Waals surface area contributed by atoms with Crippen LogP contribution in [0.25, 0.3) is 10.9 Å². The van der Waals surface area contributed by atoms with Gasteiger partial charge in [-0.25, -0.2) is 13.4 Å². The molecular weight excluding hydrogens is 296 g/mol. The second-order valence-electron chi connectivity index (χ2n) is 4.24. The molecule has 1 aromatic heterocycles. The van der Waals surface area contributed by atoms with Crippen LogP contribution >= 0.6 is 11.6 Å². The zero-order chi connectivity index (χ0) is 14.8. The summed E-state index contributed by atoms with van der Waals surface area (Å²) in [7, 11) is -3.64. The summed E-state index contributed by atoms with van der Waals surface area (Å²) in [6.45, 7) is 1.82. The maximum Gasteiger partial charge on any atom is 0.241 e. The van der Waals surface area contributed by atoms with Gasteiger partial charge in [0, 0.05) is 5.39 Å². The fraction of sp³-hybridized carbons (Fsp3) is 0.214. The van der Waals surface area contributed by atoms with Crippen molar-refractivity contribution in [3.63, 3.8) is 0 Å². The SMILES string of the molecule is C#CC(CC)NS(=O)(=O)c1ccc2nc(Cl)ccc2c1. The summed E-state index contributed by atoms with van der Waals surface area (Å²) in [6.07, 6.45) is 5.80. The molecule has 0 aliphatic rings. The van der Waals surface area contributed by atoms with Crippen LogP contribution in [0.4, 0.5) is 0 Å². The Morgan fingerprint density at radius 2 is 2.15 bits per heavy atom. The first-order chi connectivity index (χ1) is 9.46. The molecular formula is C14H13ClN2O2S. The van der Waals surface area contributed by atoms with Crippen LogP contribution in [0.2, 0.25) is 5.15 Å². The first-order valence-corrected chi connectivity index (χ1v) is 7.87. The molecule has 0 amide bonds. The van der Waals surface area contributed by atoms with E-state index in [2.05, 4.69) is 15.6 Å². The molecule has 1 heterocycles. The number of halogens is 1. The first-order valence-electron chi connectivity index (χ1n) is 6.01. The zero-order valence-electron chi connectivity index (χ0n) is 10.8. The highest BCUT2D eigenvalue weighted by molar-refractivity contribution is 7.89. The van der Waals surface area contributed by atoms with Gasteiger partial charge < -0.3 is 0 Å². The summed E-state index contributed by atoms with van der Waals surface area (Å²) in [5, 5.41) is 1.07. The van der Waals surface area contributed by atoms with Crippen LogP contribution in [0, 0.1) is 12.3 Å². The van der Waals surface area contributed by atoms with Crippen molar-refractivity contribution >= 4 is 32.5 Å². The molecule has 1 N–H and O–H groups in total. The number of nitrogens with zero attached hydrogens (tertiary/aromatic N) is 1. The number of hydrogen-bond donors (Lipinski definition) is 1. The number of aromatic nitrogens is 1. The number of sulfonamides is 1. The van der Waals surface area contributed by atoms with Crippen molar-refractivity contribution in [3.05, 3.63) is 35.5 Å². The minimum atomic E-state index is -3.64. The normalized spacial score (nSPS) is 13.1. The predicted octanol–water partition coefficient (Wildman–Crippen LogP) is 2.58. The summed E-state index contributed by atoms with van der Waals surface area (Å²) in [5.74, 6) is 2.40. The van der Waals surface area contributed by atoms with Gasteiger partial charge in [-0.3, -0.25) is 0 Å². The lowest BCUT2D eigenvalue weighted by molar-refractivity contribution is 0.570. The highest BCUT2D eigenvalue weighted by atomic mass is 35.5. The molecule has 4 nitrogen and oxygen atoms in total. The van der Waals surface area contributed by atoms with Gasteiger partial charge in [0.1, 0.15) is 5.15 Å². The average Bonchev–Trinajstić information content (AvgIpc) is 2.44. The Kier molecular flexibility index (Phi) is 4.29. The molecule has 20 heavy (non-hydrogen) atoms. The van der Waals surface area contributed by atoms with Crippen LogP contribution in [0.3, 0.4) is 0 Å². The molecule has 0 spiro atoms. The quantitative estimate of drug-likeness (QED) is 0.697. The number of hydrogen-bond acceptors (Lipinski definition) is 3. The van der Waals surface area contributed by atoms with Crippen molar-refractivity contribution in [1.29, 1.82) is 0 Å². The van der Waals surface area contributed by atoms with Crippen LogP contribution in [0.5, 0.6) is 0 Å². The molecule has 0 aliphatic carbocycles. The van der Waals surface area contributed by atoms with Crippen LogP contribution in [0.15, 0.2) is 35.2 Å². The predicted molar refractivity (Wildman–Crippen MR) is 80.0 cm³/mol. The fourth-order valence-corrected chi connectivity index (χ4v) is 3.17. The van der Waals surface area contributed by atoms with Gasteiger partial charge in [-0.15, -0.1) is 6.42 Å². The molecule has 1 atom stereocenters. The second-order valence-corrected chi connectivity index (χ2v) is 6.34. The van der Waals surface area contributed by atoms with Gasteiger partial charge in [-0.2, -0.15) is 4.72 Å². The molecule has 1 aromatic carbocycles. The van der Waals surface area contributed by atoms with Crippen LogP contribution in [0.1, 0.15) is 13.3 Å². The Morgan fingerprint density at radius 1 is 1.40 bits per heavy atom. The molecule has 0 saturated carbocycles. The Morgan fingerprint density at radius 3 is 2.80 bits per heavy atom. The van der Waals surface area contributed by atoms with Crippen molar-refractivity contribution < 1.29 is 8.42 Å². The third-order valence-electron chi connectivity index (χ3n) is 2.84. The van der Waals surface area contributed by atoms with E-state index < -0.39 is 16.1 Å². The lowest BCUT2D eigenvalue weighted by Gasteiger charge is -2.11. The van der Waals surface area contributed by atoms with Crippen molar-refractivity contribution in [3.8, 4) is 12.3 Å². The lowest BCUT2D eigenvalue weighted by Crippen LogP contribution is -2.33. The number of terminal acetylenes is 1. The number of benzene rings is 1. The minimum absolute atomic E-state index is 0.155. The standard InChI is InChI=1S/C14H13ClN2O2S/c1-3-11(4-2)17-20(18,19)12-6-7-13-10(9-12)5-8-14(15)16-13/h1,5-9,11,17H,4H2,2H3. The Balaban J connectivity index is 2.42. The zero-order valence-corrected chi connectivity index (χ0v) is 12.4. The Labute approximate surface area is 123 Å². The second kappa shape index (κ2) is 5.80. The lowest BCUT2D eigenvalue weighted by atomic mass is 10.2. The molecule has 0 bridgehead atoms. The van der Waals surface area contributed by atoms with Crippen LogP contribution in [-0.4, -0.2) is 19.4 Å². The number of rotatable bonds is 4. The van der Waals surface area contributed by atoms with Gasteiger partial charge in [-0.05, 0) is 36.8 Å². The highest BCUT2D eigenvalue weighted by Crippen LogP contribution is 2.20. The van der Waals surface area contributed by atoms with E-state index in [1.807, 2.05) is 6.92 Å².